The zero-order valence-electron chi connectivity index (χ0n) is 10.7. The summed E-state index contributed by atoms with van der Waals surface area (Å²) >= 11 is 1.67. The summed E-state index contributed by atoms with van der Waals surface area (Å²) in [6.45, 7) is 1.93. The number of hydrogen-bond donors (Lipinski definition) is 1. The predicted molar refractivity (Wildman–Crippen MR) is 70.6 cm³/mol. The van der Waals surface area contributed by atoms with E-state index in [-0.39, 0.29) is 11.5 Å². The molecule has 102 valence electrons. The Balaban J connectivity index is 1.70. The minimum absolute atomic E-state index is 0.0675. The first kappa shape index (κ1) is 12.8. The van der Waals surface area contributed by atoms with Crippen LogP contribution in [-0.2, 0) is 9.53 Å². The summed E-state index contributed by atoms with van der Waals surface area (Å²) < 4.78 is 5.92. The van der Waals surface area contributed by atoms with Crippen LogP contribution in [0.3, 0.4) is 0 Å². The van der Waals surface area contributed by atoms with Crippen molar-refractivity contribution >= 4 is 17.7 Å². The van der Waals surface area contributed by atoms with E-state index in [1.54, 1.807) is 11.8 Å². The molecule has 0 bridgehead atoms. The van der Waals surface area contributed by atoms with Crippen LogP contribution >= 0.6 is 11.8 Å². The van der Waals surface area contributed by atoms with Crippen molar-refractivity contribution in [2.75, 3.05) is 31.2 Å². The first-order valence-electron chi connectivity index (χ1n) is 6.87. The summed E-state index contributed by atoms with van der Waals surface area (Å²) in [4.78, 5) is 14.3. The molecule has 1 aliphatic carbocycles. The van der Waals surface area contributed by atoms with E-state index in [1.807, 2.05) is 4.90 Å². The lowest BCUT2D eigenvalue weighted by molar-refractivity contribution is -0.165. The van der Waals surface area contributed by atoms with Crippen LogP contribution in [0.25, 0.3) is 0 Å². The largest absolute Gasteiger partial charge is 0.379 e. The Morgan fingerprint density at radius 1 is 1.28 bits per heavy atom. The van der Waals surface area contributed by atoms with E-state index < -0.39 is 5.60 Å². The minimum Gasteiger partial charge on any atom is -0.379 e. The molecule has 2 saturated heterocycles. The number of morpholine rings is 1. The van der Waals surface area contributed by atoms with Crippen LogP contribution in [0.5, 0.6) is 0 Å². The van der Waals surface area contributed by atoms with Gasteiger partial charge in [-0.1, -0.05) is 12.8 Å². The van der Waals surface area contributed by atoms with Crippen LogP contribution in [0.15, 0.2) is 0 Å². The second-order valence-corrected chi connectivity index (χ2v) is 6.90. The van der Waals surface area contributed by atoms with E-state index >= 15 is 0 Å². The lowest BCUT2D eigenvalue weighted by Crippen LogP contribution is -2.58. The second kappa shape index (κ2) is 4.69. The molecule has 0 aromatic rings. The van der Waals surface area contributed by atoms with Crippen LogP contribution in [0.2, 0.25) is 0 Å². The van der Waals surface area contributed by atoms with Crippen molar-refractivity contribution in [3.05, 3.63) is 0 Å². The molecule has 1 saturated carbocycles. The first-order chi connectivity index (χ1) is 8.64. The number of nitrogens with zero attached hydrogens (tertiary/aromatic N) is 1. The Hall–Kier alpha value is -0.260. The van der Waals surface area contributed by atoms with E-state index in [1.165, 1.54) is 12.8 Å². The van der Waals surface area contributed by atoms with E-state index in [0.29, 0.717) is 31.9 Å². The zero-order valence-corrected chi connectivity index (χ0v) is 11.5. The molecular formula is C13H21NO3S. The van der Waals surface area contributed by atoms with Crippen LogP contribution in [0.1, 0.15) is 32.1 Å². The van der Waals surface area contributed by atoms with Gasteiger partial charge in [0, 0.05) is 18.8 Å². The van der Waals surface area contributed by atoms with Crippen LogP contribution in [-0.4, -0.2) is 58.3 Å². The topological polar surface area (TPSA) is 49.8 Å². The number of ether oxygens (including phenoxy) is 1. The number of carbonyl (C=O) groups excluding carboxylic acids is 1. The molecule has 4 nitrogen and oxygen atoms in total. The van der Waals surface area contributed by atoms with Crippen molar-refractivity contribution in [3.8, 4) is 0 Å². The van der Waals surface area contributed by atoms with Crippen molar-refractivity contribution in [1.82, 2.24) is 4.90 Å². The highest BCUT2D eigenvalue weighted by molar-refractivity contribution is 7.99. The van der Waals surface area contributed by atoms with Gasteiger partial charge in [0.2, 0.25) is 0 Å². The molecule has 0 aromatic heterocycles. The van der Waals surface area contributed by atoms with Gasteiger partial charge >= 0.3 is 0 Å². The van der Waals surface area contributed by atoms with Crippen molar-refractivity contribution < 1.29 is 14.6 Å². The second-order valence-electron chi connectivity index (χ2n) is 5.80. The molecule has 1 N–H and O–H groups in total. The summed E-state index contributed by atoms with van der Waals surface area (Å²) in [5.41, 5.74) is -1.21. The van der Waals surface area contributed by atoms with E-state index in [2.05, 4.69) is 0 Å². The van der Waals surface area contributed by atoms with Gasteiger partial charge < -0.3 is 14.7 Å². The van der Waals surface area contributed by atoms with Gasteiger partial charge in [-0.3, -0.25) is 4.79 Å². The van der Waals surface area contributed by atoms with E-state index in [4.69, 9.17) is 4.74 Å². The number of thioether (sulfide) groups is 1. The lowest BCUT2D eigenvalue weighted by Gasteiger charge is -2.42. The summed E-state index contributed by atoms with van der Waals surface area (Å²) in [5, 5.41) is 10.4. The molecule has 5 heteroatoms. The Kier molecular flexibility index (Phi) is 3.32. The lowest BCUT2D eigenvalue weighted by atomic mass is 9.96. The van der Waals surface area contributed by atoms with Gasteiger partial charge in [0.25, 0.3) is 5.91 Å². The normalized spacial score (nSPS) is 35.3. The molecule has 3 rings (SSSR count). The van der Waals surface area contributed by atoms with Crippen molar-refractivity contribution in [2.45, 2.75) is 43.3 Å². The Bertz CT molecular complexity index is 335. The average molecular weight is 271 g/mol. The third-order valence-electron chi connectivity index (χ3n) is 4.45. The average Bonchev–Trinajstić information content (AvgIpc) is 2.99. The highest BCUT2D eigenvalue weighted by Crippen LogP contribution is 2.37. The van der Waals surface area contributed by atoms with Crippen LogP contribution < -0.4 is 0 Å². The number of rotatable bonds is 1. The molecule has 1 amide bonds. The molecule has 0 aromatic carbocycles. The highest BCUT2D eigenvalue weighted by atomic mass is 32.2. The van der Waals surface area contributed by atoms with Gasteiger partial charge in [-0.25, -0.2) is 0 Å². The van der Waals surface area contributed by atoms with Gasteiger partial charge in [0.15, 0.2) is 5.60 Å². The number of aliphatic hydroxyl groups is 1. The first-order valence-corrected chi connectivity index (χ1v) is 8.03. The summed E-state index contributed by atoms with van der Waals surface area (Å²) in [7, 11) is 0. The quantitative estimate of drug-likeness (QED) is 0.774. The predicted octanol–water partition coefficient (Wildman–Crippen LogP) is 1.03. The fourth-order valence-corrected chi connectivity index (χ4v) is 4.59. The molecule has 2 heterocycles. The third kappa shape index (κ3) is 2.17. The monoisotopic (exact) mass is 271 g/mol. The molecular weight excluding hydrogens is 250 g/mol. The SMILES string of the molecule is O=C(N1CCOC2(CCCC2)C1)C1(O)CCSC1. The molecule has 1 spiro atoms. The van der Waals surface area contributed by atoms with Crippen LogP contribution in [0.4, 0.5) is 0 Å². The molecule has 18 heavy (non-hydrogen) atoms. The van der Waals surface area contributed by atoms with Crippen molar-refractivity contribution in [3.63, 3.8) is 0 Å². The van der Waals surface area contributed by atoms with Crippen molar-refractivity contribution in [1.29, 1.82) is 0 Å². The van der Waals surface area contributed by atoms with Gasteiger partial charge in [0.05, 0.1) is 12.2 Å². The van der Waals surface area contributed by atoms with Crippen molar-refractivity contribution in [2.24, 2.45) is 0 Å². The van der Waals surface area contributed by atoms with Gasteiger partial charge in [-0.2, -0.15) is 11.8 Å². The van der Waals surface area contributed by atoms with Crippen LogP contribution in [0, 0.1) is 0 Å². The molecule has 1 unspecified atom stereocenters. The Morgan fingerprint density at radius 2 is 2.06 bits per heavy atom. The minimum atomic E-state index is -1.11. The fourth-order valence-electron chi connectivity index (χ4n) is 3.36. The molecule has 3 fully saturated rings. The smallest absolute Gasteiger partial charge is 0.255 e. The van der Waals surface area contributed by atoms with E-state index in [9.17, 15) is 9.90 Å². The third-order valence-corrected chi connectivity index (χ3v) is 5.62. The molecule has 3 aliphatic rings. The maximum atomic E-state index is 12.5. The van der Waals surface area contributed by atoms with Gasteiger partial charge in [0.1, 0.15) is 0 Å². The summed E-state index contributed by atoms with van der Waals surface area (Å²) in [6, 6.07) is 0. The highest BCUT2D eigenvalue weighted by Gasteiger charge is 2.47. The number of carbonyl (C=O) groups is 1. The van der Waals surface area contributed by atoms with Gasteiger partial charge in [-0.05, 0) is 25.0 Å². The molecule has 2 aliphatic heterocycles. The van der Waals surface area contributed by atoms with Gasteiger partial charge in [-0.15, -0.1) is 0 Å². The Morgan fingerprint density at radius 3 is 2.72 bits per heavy atom. The number of hydrogen-bond acceptors (Lipinski definition) is 4. The standard InChI is InChI=1S/C13H21NO3S/c15-11(13(16)5-8-18-10-13)14-6-7-17-12(9-14)3-1-2-4-12/h16H,1-10H2. The zero-order chi connectivity index (χ0) is 12.6. The molecule has 0 radical (unpaired) electrons. The fraction of sp³-hybridized carbons (Fsp3) is 0.923. The number of amides is 1. The van der Waals surface area contributed by atoms with E-state index in [0.717, 1.165) is 18.6 Å². The maximum Gasteiger partial charge on any atom is 0.255 e. The summed E-state index contributed by atoms with van der Waals surface area (Å²) in [5.74, 6) is 1.37. The summed E-state index contributed by atoms with van der Waals surface area (Å²) in [6.07, 6.45) is 5.11. The Labute approximate surface area is 112 Å². The maximum absolute atomic E-state index is 12.5. The molecule has 1 atom stereocenters.